The summed E-state index contributed by atoms with van der Waals surface area (Å²) in [6, 6.07) is 3.27. The van der Waals surface area contributed by atoms with Crippen molar-refractivity contribution in [2.75, 3.05) is 0 Å². The Balaban J connectivity index is 1.81. The minimum Gasteiger partial charge on any atom is -0.455 e. The van der Waals surface area contributed by atoms with Gasteiger partial charge in [0.15, 0.2) is 4.96 Å². The summed E-state index contributed by atoms with van der Waals surface area (Å²) in [5.41, 5.74) is 2.05. The fraction of sp³-hybridized carbons (Fsp3) is 0.214. The summed E-state index contributed by atoms with van der Waals surface area (Å²) in [5.74, 6) is -0.383. The summed E-state index contributed by atoms with van der Waals surface area (Å²) in [4.78, 5) is 29.5. The molecule has 0 spiro atoms. The Hall–Kier alpha value is -1.99. The zero-order valence-electron chi connectivity index (χ0n) is 11.5. The molecule has 0 amide bonds. The highest BCUT2D eigenvalue weighted by molar-refractivity contribution is 7.15. The Bertz CT molecular complexity index is 876. The Morgan fingerprint density at radius 3 is 2.90 bits per heavy atom. The minimum atomic E-state index is -0.383. The van der Waals surface area contributed by atoms with Gasteiger partial charge in [-0.1, -0.05) is 0 Å². The van der Waals surface area contributed by atoms with E-state index in [0.29, 0.717) is 15.5 Å². The molecule has 0 saturated heterocycles. The van der Waals surface area contributed by atoms with Crippen molar-refractivity contribution in [3.63, 3.8) is 0 Å². The van der Waals surface area contributed by atoms with Gasteiger partial charge in [-0.3, -0.25) is 9.20 Å². The number of nitrogens with zero attached hydrogens (tertiary/aromatic N) is 2. The molecule has 3 aromatic heterocycles. The maximum Gasteiger partial charge on any atom is 0.348 e. The first-order valence-electron chi connectivity index (χ1n) is 6.24. The summed E-state index contributed by atoms with van der Waals surface area (Å²) in [7, 11) is 0. The summed E-state index contributed by atoms with van der Waals surface area (Å²) in [5, 5.41) is 3.71. The smallest absolute Gasteiger partial charge is 0.348 e. The molecule has 0 atom stereocenters. The summed E-state index contributed by atoms with van der Waals surface area (Å²) in [6.07, 6.45) is 0. The number of thiophene rings is 1. The number of fused-ring (bicyclic) bond motifs is 1. The van der Waals surface area contributed by atoms with Gasteiger partial charge in [-0.2, -0.15) is 0 Å². The standard InChI is InChI=1S/C14H12N2O3S2/c1-8-3-4-20-12(8)13(18)19-6-10-5-11(17)16-9(2)7-21-14(16)15-10/h3-5,7H,6H2,1-2H3. The summed E-state index contributed by atoms with van der Waals surface area (Å²) < 4.78 is 6.77. The van der Waals surface area contributed by atoms with Crippen LogP contribution in [0.2, 0.25) is 0 Å². The van der Waals surface area contributed by atoms with E-state index >= 15 is 0 Å². The molecule has 0 N–H and O–H groups in total. The zero-order chi connectivity index (χ0) is 15.0. The van der Waals surface area contributed by atoms with Gasteiger partial charge in [-0.05, 0) is 30.9 Å². The van der Waals surface area contributed by atoms with Crippen LogP contribution in [0.4, 0.5) is 0 Å². The summed E-state index contributed by atoms with van der Waals surface area (Å²) in [6.45, 7) is 3.71. The van der Waals surface area contributed by atoms with Gasteiger partial charge in [0.1, 0.15) is 11.5 Å². The number of aromatic nitrogens is 2. The molecule has 108 valence electrons. The van der Waals surface area contributed by atoms with E-state index in [1.807, 2.05) is 30.7 Å². The molecule has 0 unspecified atom stereocenters. The second kappa shape index (κ2) is 5.42. The van der Waals surface area contributed by atoms with Crippen molar-refractivity contribution in [3.05, 3.63) is 55.1 Å². The van der Waals surface area contributed by atoms with Gasteiger partial charge in [-0.15, -0.1) is 22.7 Å². The highest BCUT2D eigenvalue weighted by atomic mass is 32.1. The molecule has 0 radical (unpaired) electrons. The van der Waals surface area contributed by atoms with E-state index in [-0.39, 0.29) is 18.1 Å². The monoisotopic (exact) mass is 320 g/mol. The van der Waals surface area contributed by atoms with Crippen LogP contribution in [0.5, 0.6) is 0 Å². The third-order valence-electron chi connectivity index (χ3n) is 3.03. The Kier molecular flexibility index (Phi) is 3.60. The average Bonchev–Trinajstić information content (AvgIpc) is 3.03. The molecule has 3 aromatic rings. The van der Waals surface area contributed by atoms with Crippen molar-refractivity contribution in [1.82, 2.24) is 9.38 Å². The van der Waals surface area contributed by atoms with E-state index in [4.69, 9.17) is 4.74 Å². The number of carbonyl (C=O) groups is 1. The third kappa shape index (κ3) is 2.62. The van der Waals surface area contributed by atoms with Gasteiger partial charge >= 0.3 is 5.97 Å². The second-order valence-corrected chi connectivity index (χ2v) is 6.34. The first-order chi connectivity index (χ1) is 10.1. The van der Waals surface area contributed by atoms with E-state index in [9.17, 15) is 9.59 Å². The maximum absolute atomic E-state index is 12.0. The molecular weight excluding hydrogens is 308 g/mol. The lowest BCUT2D eigenvalue weighted by Gasteiger charge is -2.04. The first-order valence-corrected chi connectivity index (χ1v) is 8.00. The number of ether oxygens (including phenoxy) is 1. The van der Waals surface area contributed by atoms with Crippen LogP contribution in [0.15, 0.2) is 27.7 Å². The fourth-order valence-electron chi connectivity index (χ4n) is 1.96. The highest BCUT2D eigenvalue weighted by Gasteiger charge is 2.13. The molecule has 0 aliphatic carbocycles. The van der Waals surface area contributed by atoms with Crippen LogP contribution < -0.4 is 5.56 Å². The van der Waals surface area contributed by atoms with Gasteiger partial charge < -0.3 is 4.74 Å². The zero-order valence-corrected chi connectivity index (χ0v) is 13.1. The molecule has 0 aromatic carbocycles. The van der Waals surface area contributed by atoms with Crippen LogP contribution in [-0.4, -0.2) is 15.4 Å². The molecule has 5 nitrogen and oxygen atoms in total. The van der Waals surface area contributed by atoms with Crippen LogP contribution in [0, 0.1) is 13.8 Å². The first kappa shape index (κ1) is 14.0. The number of esters is 1. The van der Waals surface area contributed by atoms with E-state index < -0.39 is 0 Å². The van der Waals surface area contributed by atoms with Gasteiger partial charge in [0, 0.05) is 17.1 Å². The number of aryl methyl sites for hydroxylation is 2. The molecule has 0 fully saturated rings. The van der Waals surface area contributed by atoms with Crippen LogP contribution in [0.1, 0.15) is 26.6 Å². The van der Waals surface area contributed by atoms with E-state index in [0.717, 1.165) is 11.3 Å². The largest absolute Gasteiger partial charge is 0.455 e. The molecule has 3 heterocycles. The Morgan fingerprint density at radius 2 is 2.19 bits per heavy atom. The molecule has 7 heteroatoms. The lowest BCUT2D eigenvalue weighted by Crippen LogP contribution is -2.16. The third-order valence-corrected chi connectivity index (χ3v) is 4.97. The quantitative estimate of drug-likeness (QED) is 0.696. The normalized spacial score (nSPS) is 11.0. The summed E-state index contributed by atoms with van der Waals surface area (Å²) >= 11 is 2.73. The van der Waals surface area contributed by atoms with Crippen molar-refractivity contribution in [1.29, 1.82) is 0 Å². The molecule has 0 bridgehead atoms. The molecule has 0 aliphatic rings. The molecular formula is C14H12N2O3S2. The van der Waals surface area contributed by atoms with Gasteiger partial charge in [0.25, 0.3) is 5.56 Å². The molecule has 0 aliphatic heterocycles. The lowest BCUT2D eigenvalue weighted by molar-refractivity contribution is 0.0473. The molecule has 21 heavy (non-hydrogen) atoms. The van der Waals surface area contributed by atoms with E-state index in [1.165, 1.54) is 28.7 Å². The van der Waals surface area contributed by atoms with E-state index in [2.05, 4.69) is 4.98 Å². The fourth-order valence-corrected chi connectivity index (χ4v) is 3.67. The maximum atomic E-state index is 12.0. The van der Waals surface area contributed by atoms with Crippen LogP contribution in [0.3, 0.4) is 0 Å². The van der Waals surface area contributed by atoms with Crippen LogP contribution >= 0.6 is 22.7 Å². The number of hydrogen-bond donors (Lipinski definition) is 0. The van der Waals surface area contributed by atoms with Crippen molar-refractivity contribution in [2.45, 2.75) is 20.5 Å². The van der Waals surface area contributed by atoms with Gasteiger partial charge in [0.2, 0.25) is 0 Å². The Morgan fingerprint density at radius 1 is 1.38 bits per heavy atom. The minimum absolute atomic E-state index is 0.00113. The van der Waals surface area contributed by atoms with Crippen molar-refractivity contribution >= 4 is 33.6 Å². The SMILES string of the molecule is Cc1ccsc1C(=O)OCc1cc(=O)n2c(C)csc2n1. The number of carbonyl (C=O) groups excluding carboxylic acids is 1. The predicted molar refractivity (Wildman–Crippen MR) is 82.3 cm³/mol. The number of thiazole rings is 1. The van der Waals surface area contributed by atoms with Gasteiger partial charge in [0.05, 0.1) is 5.69 Å². The predicted octanol–water partition coefficient (Wildman–Crippen LogP) is 2.79. The molecule has 0 saturated carbocycles. The van der Waals surface area contributed by atoms with Crippen molar-refractivity contribution < 1.29 is 9.53 Å². The number of rotatable bonds is 3. The highest BCUT2D eigenvalue weighted by Crippen LogP contribution is 2.17. The van der Waals surface area contributed by atoms with Crippen LogP contribution in [0.25, 0.3) is 4.96 Å². The van der Waals surface area contributed by atoms with E-state index in [1.54, 1.807) is 4.40 Å². The second-order valence-electron chi connectivity index (χ2n) is 4.59. The van der Waals surface area contributed by atoms with Crippen molar-refractivity contribution in [3.8, 4) is 0 Å². The van der Waals surface area contributed by atoms with Gasteiger partial charge in [-0.25, -0.2) is 9.78 Å². The lowest BCUT2D eigenvalue weighted by atomic mass is 10.3. The number of hydrogen-bond acceptors (Lipinski definition) is 6. The average molecular weight is 320 g/mol. The topological polar surface area (TPSA) is 60.7 Å². The molecule has 3 rings (SSSR count). The van der Waals surface area contributed by atoms with Crippen molar-refractivity contribution in [2.24, 2.45) is 0 Å². The van der Waals surface area contributed by atoms with Crippen LogP contribution in [-0.2, 0) is 11.3 Å². The Labute approximate surface area is 128 Å².